The van der Waals surface area contributed by atoms with Crippen LogP contribution in [-0.4, -0.2) is 26.0 Å². The van der Waals surface area contributed by atoms with E-state index in [1.165, 1.54) is 40.7 Å². The van der Waals surface area contributed by atoms with Crippen LogP contribution in [0.15, 0.2) is 29.4 Å². The summed E-state index contributed by atoms with van der Waals surface area (Å²) < 4.78 is 14.1. The number of carbonyl (C=O) groups is 1. The lowest BCUT2D eigenvalue weighted by Crippen LogP contribution is -2.23. The summed E-state index contributed by atoms with van der Waals surface area (Å²) in [5.41, 5.74) is 0.536. The van der Waals surface area contributed by atoms with Crippen LogP contribution in [0.25, 0.3) is 0 Å². The highest BCUT2D eigenvalue weighted by molar-refractivity contribution is 8.00. The van der Waals surface area contributed by atoms with Crippen molar-refractivity contribution in [1.29, 1.82) is 0 Å². The number of hydrogen-bond donors (Lipinski definition) is 2. The minimum Gasteiger partial charge on any atom is -0.336 e. The minimum atomic E-state index is -0.411. The van der Waals surface area contributed by atoms with Crippen molar-refractivity contribution < 1.29 is 9.18 Å². The van der Waals surface area contributed by atoms with Crippen LogP contribution >= 0.6 is 11.8 Å². The summed E-state index contributed by atoms with van der Waals surface area (Å²) in [6.45, 7) is 3.45. The van der Waals surface area contributed by atoms with Crippen LogP contribution in [0.1, 0.15) is 12.7 Å². The van der Waals surface area contributed by atoms with E-state index in [1.54, 1.807) is 13.8 Å². The second kappa shape index (κ2) is 5.91. The molecule has 1 atom stereocenters. The van der Waals surface area contributed by atoms with E-state index in [9.17, 15) is 9.18 Å². The highest BCUT2D eigenvalue weighted by Crippen LogP contribution is 2.21. The minimum absolute atomic E-state index is 0.220. The number of halogens is 1. The van der Waals surface area contributed by atoms with E-state index in [-0.39, 0.29) is 11.7 Å². The van der Waals surface area contributed by atoms with E-state index >= 15 is 0 Å². The van der Waals surface area contributed by atoms with Gasteiger partial charge in [-0.1, -0.05) is 11.8 Å². The molecule has 0 fully saturated rings. The Balaban J connectivity index is 1.98. The van der Waals surface area contributed by atoms with E-state index in [0.717, 1.165) is 0 Å². The largest absolute Gasteiger partial charge is 0.336 e. The van der Waals surface area contributed by atoms with Gasteiger partial charge in [-0.2, -0.15) is 0 Å². The number of nitrogens with two attached hydrogens (primary N) is 1. The molecule has 6 nitrogen and oxygen atoms in total. The smallest absolute Gasteiger partial charge is 0.237 e. The van der Waals surface area contributed by atoms with E-state index in [1.807, 2.05) is 0 Å². The second-order valence-corrected chi connectivity index (χ2v) is 5.46. The van der Waals surface area contributed by atoms with Crippen LogP contribution in [-0.2, 0) is 4.79 Å². The van der Waals surface area contributed by atoms with Gasteiger partial charge in [0.15, 0.2) is 0 Å². The van der Waals surface area contributed by atoms with Crippen molar-refractivity contribution in [2.24, 2.45) is 0 Å². The number of anilines is 1. The second-order valence-electron chi connectivity index (χ2n) is 4.16. The van der Waals surface area contributed by atoms with Crippen molar-refractivity contribution in [3.8, 4) is 0 Å². The predicted octanol–water partition coefficient (Wildman–Crippen LogP) is 1.56. The fourth-order valence-electron chi connectivity index (χ4n) is 1.42. The van der Waals surface area contributed by atoms with Gasteiger partial charge in [-0.3, -0.25) is 4.79 Å². The molecule has 20 heavy (non-hydrogen) atoms. The molecule has 0 aliphatic heterocycles. The molecule has 0 radical (unpaired) electrons. The molecule has 1 heterocycles. The maximum atomic E-state index is 12.8. The summed E-state index contributed by atoms with van der Waals surface area (Å²) in [6, 6.07) is 5.57. The number of hydrogen-bond acceptors (Lipinski definition) is 5. The van der Waals surface area contributed by atoms with Gasteiger partial charge in [0.2, 0.25) is 11.1 Å². The monoisotopic (exact) mass is 295 g/mol. The quantitative estimate of drug-likeness (QED) is 0.660. The first-order valence-electron chi connectivity index (χ1n) is 5.87. The number of nitrogen functional groups attached to an aromatic ring is 1. The third kappa shape index (κ3) is 3.27. The van der Waals surface area contributed by atoms with Crippen molar-refractivity contribution in [2.45, 2.75) is 24.3 Å². The summed E-state index contributed by atoms with van der Waals surface area (Å²) in [6.07, 6.45) is 0. The van der Waals surface area contributed by atoms with Gasteiger partial charge in [0.05, 0.1) is 5.25 Å². The van der Waals surface area contributed by atoms with E-state index in [4.69, 9.17) is 5.84 Å². The Kier molecular flexibility index (Phi) is 4.23. The van der Waals surface area contributed by atoms with Crippen LogP contribution in [0.5, 0.6) is 0 Å². The normalized spacial score (nSPS) is 12.2. The predicted molar refractivity (Wildman–Crippen MR) is 75.3 cm³/mol. The molecule has 3 N–H and O–H groups in total. The van der Waals surface area contributed by atoms with Crippen molar-refractivity contribution in [1.82, 2.24) is 14.9 Å². The highest BCUT2D eigenvalue weighted by atomic mass is 32.2. The Labute approximate surface area is 119 Å². The molecule has 0 spiro atoms. The zero-order chi connectivity index (χ0) is 14.7. The van der Waals surface area contributed by atoms with E-state index in [0.29, 0.717) is 16.7 Å². The van der Waals surface area contributed by atoms with Crippen LogP contribution < -0.4 is 11.2 Å². The average Bonchev–Trinajstić information content (AvgIpc) is 2.73. The number of carbonyl (C=O) groups excluding carboxylic acids is 1. The SMILES string of the molecule is Cc1nnc(S[C@@H](C)C(=O)Nc2ccc(F)cc2)n1N. The summed E-state index contributed by atoms with van der Waals surface area (Å²) in [4.78, 5) is 12.0. The Morgan fingerprint density at radius 1 is 1.40 bits per heavy atom. The fraction of sp³-hybridized carbons (Fsp3) is 0.250. The summed E-state index contributed by atoms with van der Waals surface area (Å²) >= 11 is 1.20. The van der Waals surface area contributed by atoms with Crippen LogP contribution in [0.4, 0.5) is 10.1 Å². The molecular formula is C12H14FN5OS. The van der Waals surface area contributed by atoms with Crippen molar-refractivity contribution in [3.63, 3.8) is 0 Å². The van der Waals surface area contributed by atoms with Crippen molar-refractivity contribution >= 4 is 23.4 Å². The number of benzene rings is 1. The number of rotatable bonds is 4. The van der Waals surface area contributed by atoms with Gasteiger partial charge in [-0.15, -0.1) is 10.2 Å². The van der Waals surface area contributed by atoms with Gasteiger partial charge in [0, 0.05) is 5.69 Å². The summed E-state index contributed by atoms with van der Waals surface area (Å²) in [5, 5.41) is 10.4. The topological polar surface area (TPSA) is 85.8 Å². The van der Waals surface area contributed by atoms with Crippen LogP contribution in [0, 0.1) is 12.7 Å². The van der Waals surface area contributed by atoms with E-state index < -0.39 is 5.25 Å². The number of aromatic nitrogens is 3. The van der Waals surface area contributed by atoms with Crippen molar-refractivity contribution in [3.05, 3.63) is 35.9 Å². The molecule has 0 bridgehead atoms. The number of thioether (sulfide) groups is 1. The molecule has 0 aliphatic carbocycles. The van der Waals surface area contributed by atoms with Gasteiger partial charge >= 0.3 is 0 Å². The Morgan fingerprint density at radius 3 is 2.60 bits per heavy atom. The van der Waals surface area contributed by atoms with Crippen LogP contribution in [0.2, 0.25) is 0 Å². The lowest BCUT2D eigenvalue weighted by Gasteiger charge is -2.11. The first-order chi connectivity index (χ1) is 9.47. The molecule has 106 valence electrons. The average molecular weight is 295 g/mol. The third-order valence-corrected chi connectivity index (χ3v) is 3.65. The lowest BCUT2D eigenvalue weighted by molar-refractivity contribution is -0.115. The standard InChI is InChI=1S/C12H14FN5OS/c1-7(20-12-17-16-8(2)18(12)14)11(19)15-10-5-3-9(13)4-6-10/h3-7H,14H2,1-2H3,(H,15,19)/t7-/m0/s1. The molecule has 0 saturated heterocycles. The first kappa shape index (κ1) is 14.3. The lowest BCUT2D eigenvalue weighted by atomic mass is 10.3. The van der Waals surface area contributed by atoms with Gasteiger partial charge in [-0.05, 0) is 38.1 Å². The van der Waals surface area contributed by atoms with Gasteiger partial charge in [0.1, 0.15) is 11.6 Å². The summed E-state index contributed by atoms with van der Waals surface area (Å²) in [5.74, 6) is 5.72. The van der Waals surface area contributed by atoms with Gasteiger partial charge in [0.25, 0.3) is 0 Å². The Hall–Kier alpha value is -2.09. The van der Waals surface area contributed by atoms with Crippen molar-refractivity contribution in [2.75, 3.05) is 11.2 Å². The van der Waals surface area contributed by atoms with E-state index in [2.05, 4.69) is 15.5 Å². The van der Waals surface area contributed by atoms with Gasteiger partial charge < -0.3 is 11.2 Å². The first-order valence-corrected chi connectivity index (χ1v) is 6.75. The zero-order valence-electron chi connectivity index (χ0n) is 11.0. The molecular weight excluding hydrogens is 281 g/mol. The molecule has 2 aromatic rings. The molecule has 2 rings (SSSR count). The highest BCUT2D eigenvalue weighted by Gasteiger charge is 2.18. The molecule has 0 unspecified atom stereocenters. The molecule has 0 saturated carbocycles. The number of aryl methyl sites for hydroxylation is 1. The Morgan fingerprint density at radius 2 is 2.05 bits per heavy atom. The molecule has 1 amide bonds. The van der Waals surface area contributed by atoms with Crippen LogP contribution in [0.3, 0.4) is 0 Å². The number of nitrogens with one attached hydrogen (secondary N) is 1. The van der Waals surface area contributed by atoms with Gasteiger partial charge in [-0.25, -0.2) is 9.07 Å². The fourth-order valence-corrected chi connectivity index (χ4v) is 2.23. The Bertz CT molecular complexity index is 613. The maximum absolute atomic E-state index is 12.8. The maximum Gasteiger partial charge on any atom is 0.237 e. The molecule has 0 aliphatic rings. The number of amides is 1. The summed E-state index contributed by atoms with van der Waals surface area (Å²) in [7, 11) is 0. The molecule has 8 heteroatoms. The third-order valence-electron chi connectivity index (χ3n) is 2.60. The molecule has 1 aromatic heterocycles. The zero-order valence-corrected chi connectivity index (χ0v) is 11.8. The number of nitrogens with zero attached hydrogens (tertiary/aromatic N) is 3. The molecule has 1 aromatic carbocycles.